The Morgan fingerprint density at radius 3 is 2.79 bits per heavy atom. The van der Waals surface area contributed by atoms with Gasteiger partial charge in [-0.2, -0.15) is 0 Å². The lowest BCUT2D eigenvalue weighted by atomic mass is 9.95. The van der Waals surface area contributed by atoms with Crippen LogP contribution in [0.15, 0.2) is 54.3 Å². The number of hydrogen-bond acceptors (Lipinski definition) is 2. The Labute approximate surface area is 113 Å². The maximum absolute atomic E-state index is 11.7. The van der Waals surface area contributed by atoms with Crippen molar-refractivity contribution >= 4 is 5.91 Å². The Bertz CT molecular complexity index is 477. The van der Waals surface area contributed by atoms with E-state index < -0.39 is 0 Å². The summed E-state index contributed by atoms with van der Waals surface area (Å²) in [6, 6.07) is 9.89. The van der Waals surface area contributed by atoms with Crippen molar-refractivity contribution in [3.8, 4) is 0 Å². The molecule has 1 aromatic rings. The summed E-state index contributed by atoms with van der Waals surface area (Å²) in [5.74, 6) is 0.763. The van der Waals surface area contributed by atoms with E-state index in [0.29, 0.717) is 24.6 Å². The van der Waals surface area contributed by atoms with E-state index in [-0.39, 0.29) is 5.91 Å². The fraction of sp³-hybridized carbons (Fsp3) is 0.312. The Hall–Kier alpha value is -2.03. The number of amides is 1. The summed E-state index contributed by atoms with van der Waals surface area (Å²) in [5.41, 5.74) is 1.11. The van der Waals surface area contributed by atoms with E-state index in [1.807, 2.05) is 36.4 Å². The molecule has 0 radical (unpaired) electrons. The Balaban J connectivity index is 1.67. The SMILES string of the molecule is O=C(CCC1C=CC(O)=CC1)NCc1ccccc1. The molecule has 2 rings (SSSR count). The molecular weight excluding hydrogens is 238 g/mol. The van der Waals surface area contributed by atoms with E-state index >= 15 is 0 Å². The molecule has 1 aliphatic carbocycles. The van der Waals surface area contributed by atoms with Gasteiger partial charge in [-0.25, -0.2) is 0 Å². The van der Waals surface area contributed by atoms with E-state index in [2.05, 4.69) is 5.32 Å². The minimum Gasteiger partial charge on any atom is -0.508 e. The molecular formula is C16H19NO2. The summed E-state index contributed by atoms with van der Waals surface area (Å²) < 4.78 is 0. The first-order valence-corrected chi connectivity index (χ1v) is 6.62. The van der Waals surface area contributed by atoms with Crippen molar-refractivity contribution in [1.82, 2.24) is 5.32 Å². The van der Waals surface area contributed by atoms with Gasteiger partial charge in [0.2, 0.25) is 5.91 Å². The van der Waals surface area contributed by atoms with Crippen molar-refractivity contribution in [3.63, 3.8) is 0 Å². The van der Waals surface area contributed by atoms with E-state index in [9.17, 15) is 9.90 Å². The maximum atomic E-state index is 11.7. The standard InChI is InChI=1S/C16H19NO2/c18-15-9-6-13(7-10-15)8-11-16(19)17-12-14-4-2-1-3-5-14/h1-6,9-10,13,18H,7-8,11-12H2,(H,17,19). The van der Waals surface area contributed by atoms with Gasteiger partial charge in [0.15, 0.2) is 0 Å². The number of benzene rings is 1. The minimum absolute atomic E-state index is 0.0797. The first kappa shape index (κ1) is 13.4. The number of carbonyl (C=O) groups excluding carboxylic acids is 1. The van der Waals surface area contributed by atoms with Gasteiger partial charge in [-0.1, -0.05) is 36.4 Å². The molecule has 0 aromatic heterocycles. The molecule has 0 spiro atoms. The van der Waals surface area contributed by atoms with Gasteiger partial charge in [0.25, 0.3) is 0 Å². The lowest BCUT2D eigenvalue weighted by molar-refractivity contribution is -0.121. The highest BCUT2D eigenvalue weighted by molar-refractivity contribution is 5.75. The van der Waals surface area contributed by atoms with Crippen LogP contribution in [0.4, 0.5) is 0 Å². The molecule has 1 aromatic carbocycles. The average molecular weight is 257 g/mol. The van der Waals surface area contributed by atoms with E-state index in [0.717, 1.165) is 18.4 Å². The van der Waals surface area contributed by atoms with Crippen LogP contribution in [0.1, 0.15) is 24.8 Å². The van der Waals surface area contributed by atoms with E-state index in [1.165, 1.54) is 0 Å². The van der Waals surface area contributed by atoms with Gasteiger partial charge < -0.3 is 10.4 Å². The number of rotatable bonds is 5. The zero-order valence-corrected chi connectivity index (χ0v) is 10.9. The summed E-state index contributed by atoms with van der Waals surface area (Å²) in [7, 11) is 0. The van der Waals surface area contributed by atoms with Crippen LogP contribution in [0.25, 0.3) is 0 Å². The molecule has 100 valence electrons. The zero-order chi connectivity index (χ0) is 13.5. The lowest BCUT2D eigenvalue weighted by Gasteiger charge is -2.13. The highest BCUT2D eigenvalue weighted by atomic mass is 16.3. The summed E-state index contributed by atoms with van der Waals surface area (Å²) in [6.07, 6.45) is 7.63. The molecule has 1 unspecified atom stereocenters. The van der Waals surface area contributed by atoms with Crippen LogP contribution in [-0.2, 0) is 11.3 Å². The van der Waals surface area contributed by atoms with Crippen molar-refractivity contribution in [2.24, 2.45) is 5.92 Å². The highest BCUT2D eigenvalue weighted by Crippen LogP contribution is 2.19. The topological polar surface area (TPSA) is 49.3 Å². The van der Waals surface area contributed by atoms with Crippen molar-refractivity contribution in [1.29, 1.82) is 0 Å². The Morgan fingerprint density at radius 1 is 1.32 bits per heavy atom. The molecule has 1 amide bonds. The number of nitrogens with one attached hydrogen (secondary N) is 1. The van der Waals surface area contributed by atoms with Crippen LogP contribution >= 0.6 is 0 Å². The molecule has 19 heavy (non-hydrogen) atoms. The lowest BCUT2D eigenvalue weighted by Crippen LogP contribution is -2.23. The molecule has 3 nitrogen and oxygen atoms in total. The van der Waals surface area contributed by atoms with Gasteiger partial charge in [0.1, 0.15) is 5.76 Å². The summed E-state index contributed by atoms with van der Waals surface area (Å²) >= 11 is 0. The van der Waals surface area contributed by atoms with Gasteiger partial charge in [-0.05, 0) is 36.5 Å². The molecule has 0 saturated heterocycles. The van der Waals surface area contributed by atoms with Crippen molar-refractivity contribution in [3.05, 3.63) is 59.9 Å². The molecule has 1 aliphatic rings. The van der Waals surface area contributed by atoms with Crippen LogP contribution in [0.2, 0.25) is 0 Å². The fourth-order valence-electron chi connectivity index (χ4n) is 2.07. The second-order valence-electron chi connectivity index (χ2n) is 4.78. The number of aliphatic hydroxyl groups is 1. The van der Waals surface area contributed by atoms with Gasteiger partial charge in [0.05, 0.1) is 0 Å². The monoisotopic (exact) mass is 257 g/mol. The first-order chi connectivity index (χ1) is 9.24. The largest absolute Gasteiger partial charge is 0.508 e. The van der Waals surface area contributed by atoms with Crippen LogP contribution in [0.3, 0.4) is 0 Å². The number of hydrogen-bond donors (Lipinski definition) is 2. The zero-order valence-electron chi connectivity index (χ0n) is 10.9. The normalized spacial score (nSPS) is 17.9. The number of aliphatic hydroxyl groups excluding tert-OH is 1. The molecule has 0 aliphatic heterocycles. The molecule has 0 fully saturated rings. The minimum atomic E-state index is 0.0797. The molecule has 3 heteroatoms. The highest BCUT2D eigenvalue weighted by Gasteiger charge is 2.10. The average Bonchev–Trinajstić information content (AvgIpc) is 2.45. The first-order valence-electron chi connectivity index (χ1n) is 6.62. The maximum Gasteiger partial charge on any atom is 0.220 e. The van der Waals surface area contributed by atoms with Crippen LogP contribution in [0, 0.1) is 5.92 Å². The van der Waals surface area contributed by atoms with Gasteiger partial charge in [0, 0.05) is 13.0 Å². The van der Waals surface area contributed by atoms with Gasteiger partial charge in [-0.15, -0.1) is 0 Å². The molecule has 0 heterocycles. The predicted molar refractivity (Wildman–Crippen MR) is 75.5 cm³/mol. The number of carbonyl (C=O) groups is 1. The summed E-state index contributed by atoms with van der Waals surface area (Å²) in [4.78, 5) is 11.7. The van der Waals surface area contributed by atoms with Crippen LogP contribution in [0.5, 0.6) is 0 Å². The van der Waals surface area contributed by atoms with Crippen molar-refractivity contribution in [2.45, 2.75) is 25.8 Å². The van der Waals surface area contributed by atoms with Gasteiger partial charge in [-0.3, -0.25) is 4.79 Å². The second-order valence-corrected chi connectivity index (χ2v) is 4.78. The third-order valence-corrected chi connectivity index (χ3v) is 3.24. The third kappa shape index (κ3) is 4.62. The molecule has 1 atom stereocenters. The smallest absolute Gasteiger partial charge is 0.220 e. The molecule has 0 saturated carbocycles. The summed E-state index contributed by atoms with van der Waals surface area (Å²) in [6.45, 7) is 0.584. The molecule has 2 N–H and O–H groups in total. The Kier molecular flexibility index (Phi) is 4.78. The van der Waals surface area contributed by atoms with E-state index in [4.69, 9.17) is 0 Å². The second kappa shape index (κ2) is 6.78. The van der Waals surface area contributed by atoms with Crippen molar-refractivity contribution < 1.29 is 9.90 Å². The predicted octanol–water partition coefficient (Wildman–Crippen LogP) is 3.10. The van der Waals surface area contributed by atoms with E-state index in [1.54, 1.807) is 12.2 Å². The van der Waals surface area contributed by atoms with Crippen molar-refractivity contribution in [2.75, 3.05) is 0 Å². The fourth-order valence-corrected chi connectivity index (χ4v) is 2.07. The quantitative estimate of drug-likeness (QED) is 0.851. The van der Waals surface area contributed by atoms with Crippen LogP contribution in [-0.4, -0.2) is 11.0 Å². The van der Waals surface area contributed by atoms with Gasteiger partial charge >= 0.3 is 0 Å². The number of allylic oxidation sites excluding steroid dienone is 3. The van der Waals surface area contributed by atoms with Crippen LogP contribution < -0.4 is 5.32 Å². The molecule has 0 bridgehead atoms. The Morgan fingerprint density at radius 2 is 2.11 bits per heavy atom. The summed E-state index contributed by atoms with van der Waals surface area (Å²) in [5, 5.41) is 12.1. The third-order valence-electron chi connectivity index (χ3n) is 3.24.